The van der Waals surface area contributed by atoms with Crippen LogP contribution in [0, 0.1) is 20.8 Å². The highest BCUT2D eigenvalue weighted by Crippen LogP contribution is 2.48. The van der Waals surface area contributed by atoms with E-state index in [1.807, 2.05) is 32.9 Å². The Kier molecular flexibility index (Phi) is 6.74. The first-order valence-corrected chi connectivity index (χ1v) is 9.04. The van der Waals surface area contributed by atoms with E-state index < -0.39 is 0 Å². The van der Waals surface area contributed by atoms with Crippen molar-refractivity contribution < 1.29 is 9.53 Å². The lowest BCUT2D eigenvalue weighted by Crippen LogP contribution is -2.21. The summed E-state index contributed by atoms with van der Waals surface area (Å²) in [5.41, 5.74) is 3.77. The van der Waals surface area contributed by atoms with Gasteiger partial charge in [-0.25, -0.2) is 0 Å². The quantitative estimate of drug-likeness (QED) is 0.414. The van der Waals surface area contributed by atoms with Crippen LogP contribution in [0.3, 0.4) is 0 Å². The first-order chi connectivity index (χ1) is 11.6. The number of nitrogens with one attached hydrogen (secondary N) is 1. The Hall–Kier alpha value is -0.840. The predicted molar refractivity (Wildman–Crippen MR) is 106 cm³/mol. The third-order valence-corrected chi connectivity index (χ3v) is 5.70. The number of rotatable bonds is 4. The number of carbonyl (C=O) groups excluding carboxylic acids is 1. The third-order valence-electron chi connectivity index (χ3n) is 3.46. The first-order valence-electron chi connectivity index (χ1n) is 7.15. The zero-order valence-corrected chi connectivity index (χ0v) is 17.3. The zero-order valence-electron chi connectivity index (χ0n) is 13.6. The van der Waals surface area contributed by atoms with E-state index in [1.165, 1.54) is 0 Å². The van der Waals surface area contributed by atoms with Crippen molar-refractivity contribution in [2.45, 2.75) is 20.8 Å². The van der Waals surface area contributed by atoms with Gasteiger partial charge in [-0.15, -0.1) is 0 Å². The van der Waals surface area contributed by atoms with Crippen molar-refractivity contribution >= 4 is 69.6 Å². The maximum atomic E-state index is 12.2. The number of hydrogen-bond donors (Lipinski definition) is 1. The third kappa shape index (κ3) is 4.47. The summed E-state index contributed by atoms with van der Waals surface area (Å²) in [5.74, 6) is -0.361. The van der Waals surface area contributed by atoms with Crippen molar-refractivity contribution in [2.24, 2.45) is 0 Å². The standard InChI is InChI=1S/C17H14Cl5NO2/c1-7-4-8(2)16(9(3)5-7)23-10(24)6-25-17-14(21)12(19)11(18)13(20)15(17)22/h4-5H,6H2,1-3H3,(H,23,24). The largest absolute Gasteiger partial charge is 0.481 e. The normalized spacial score (nSPS) is 10.7. The summed E-state index contributed by atoms with van der Waals surface area (Å²) in [4.78, 5) is 12.2. The second-order valence-electron chi connectivity index (χ2n) is 5.51. The number of amides is 1. The van der Waals surface area contributed by atoms with Gasteiger partial charge in [0.25, 0.3) is 5.91 Å². The molecule has 0 spiro atoms. The van der Waals surface area contributed by atoms with E-state index in [4.69, 9.17) is 62.7 Å². The molecule has 0 radical (unpaired) electrons. The Morgan fingerprint density at radius 2 is 1.32 bits per heavy atom. The smallest absolute Gasteiger partial charge is 0.262 e. The number of halogens is 5. The van der Waals surface area contributed by atoms with Gasteiger partial charge in [-0.1, -0.05) is 75.7 Å². The number of hydrogen-bond acceptors (Lipinski definition) is 2. The van der Waals surface area contributed by atoms with Crippen LogP contribution in [-0.4, -0.2) is 12.5 Å². The van der Waals surface area contributed by atoms with Gasteiger partial charge < -0.3 is 10.1 Å². The minimum absolute atomic E-state index is 0.00318. The lowest BCUT2D eigenvalue weighted by atomic mass is 10.1. The van der Waals surface area contributed by atoms with Gasteiger partial charge in [0, 0.05) is 5.69 Å². The van der Waals surface area contributed by atoms with E-state index in [1.54, 1.807) is 0 Å². The van der Waals surface area contributed by atoms with Crippen molar-refractivity contribution in [3.8, 4) is 5.75 Å². The molecule has 0 saturated carbocycles. The van der Waals surface area contributed by atoms with E-state index in [2.05, 4.69) is 5.32 Å². The predicted octanol–water partition coefficient (Wildman–Crippen LogP) is 6.90. The fourth-order valence-electron chi connectivity index (χ4n) is 2.40. The van der Waals surface area contributed by atoms with Gasteiger partial charge in [0.1, 0.15) is 10.0 Å². The highest BCUT2D eigenvalue weighted by Gasteiger charge is 2.21. The topological polar surface area (TPSA) is 38.3 Å². The molecular weight excluding hydrogens is 427 g/mol. The fraction of sp³-hybridized carbons (Fsp3) is 0.235. The Morgan fingerprint density at radius 3 is 1.80 bits per heavy atom. The molecule has 2 rings (SSSR count). The molecule has 1 amide bonds. The van der Waals surface area contributed by atoms with Crippen LogP contribution in [0.1, 0.15) is 16.7 Å². The molecular formula is C17H14Cl5NO2. The maximum absolute atomic E-state index is 12.2. The molecule has 0 aliphatic heterocycles. The monoisotopic (exact) mass is 439 g/mol. The lowest BCUT2D eigenvalue weighted by molar-refractivity contribution is -0.118. The molecule has 0 bridgehead atoms. The highest BCUT2D eigenvalue weighted by atomic mass is 35.5. The van der Waals surface area contributed by atoms with Crippen LogP contribution in [0.25, 0.3) is 0 Å². The van der Waals surface area contributed by atoms with Crippen molar-refractivity contribution in [3.63, 3.8) is 0 Å². The molecule has 0 atom stereocenters. The number of ether oxygens (including phenoxy) is 1. The van der Waals surface area contributed by atoms with Gasteiger partial charge in [0.15, 0.2) is 12.4 Å². The number of carbonyl (C=O) groups is 1. The van der Waals surface area contributed by atoms with Crippen LogP contribution in [0.15, 0.2) is 12.1 Å². The zero-order chi connectivity index (χ0) is 18.9. The summed E-state index contributed by atoms with van der Waals surface area (Å²) in [6.45, 7) is 5.51. The van der Waals surface area contributed by atoms with Gasteiger partial charge in [0.2, 0.25) is 0 Å². The molecule has 8 heteroatoms. The lowest BCUT2D eigenvalue weighted by Gasteiger charge is -2.15. The van der Waals surface area contributed by atoms with E-state index in [-0.39, 0.29) is 43.4 Å². The van der Waals surface area contributed by atoms with Crippen LogP contribution in [-0.2, 0) is 4.79 Å². The molecule has 0 aromatic heterocycles. The molecule has 0 aliphatic rings. The molecule has 0 unspecified atom stereocenters. The minimum atomic E-state index is -0.371. The molecule has 0 fully saturated rings. The summed E-state index contributed by atoms with van der Waals surface area (Å²) >= 11 is 30.0. The maximum Gasteiger partial charge on any atom is 0.262 e. The number of benzene rings is 2. The average Bonchev–Trinajstić information content (AvgIpc) is 2.54. The molecule has 1 N–H and O–H groups in total. The first kappa shape index (κ1) is 20.5. The molecule has 0 heterocycles. The molecule has 2 aromatic rings. The van der Waals surface area contributed by atoms with E-state index in [9.17, 15) is 4.79 Å². The Balaban J connectivity index is 2.17. The fourth-order valence-corrected chi connectivity index (χ4v) is 3.63. The molecule has 2 aromatic carbocycles. The Morgan fingerprint density at radius 1 is 0.880 bits per heavy atom. The van der Waals surface area contributed by atoms with Crippen molar-refractivity contribution in [3.05, 3.63) is 53.9 Å². The van der Waals surface area contributed by atoms with Gasteiger partial charge in [-0.2, -0.15) is 0 Å². The average molecular weight is 442 g/mol. The molecule has 25 heavy (non-hydrogen) atoms. The second kappa shape index (κ2) is 8.24. The van der Waals surface area contributed by atoms with Crippen LogP contribution >= 0.6 is 58.0 Å². The summed E-state index contributed by atoms with van der Waals surface area (Å²) < 4.78 is 5.42. The Labute approximate surface area is 171 Å². The van der Waals surface area contributed by atoms with E-state index >= 15 is 0 Å². The van der Waals surface area contributed by atoms with Crippen molar-refractivity contribution in [2.75, 3.05) is 11.9 Å². The summed E-state index contributed by atoms with van der Waals surface area (Å²) in [5, 5.41) is 2.86. The van der Waals surface area contributed by atoms with Crippen LogP contribution in [0.2, 0.25) is 25.1 Å². The van der Waals surface area contributed by atoms with Gasteiger partial charge in [-0.3, -0.25) is 4.79 Å². The number of anilines is 1. The molecule has 134 valence electrons. The van der Waals surface area contributed by atoms with E-state index in [0.717, 1.165) is 22.4 Å². The summed E-state index contributed by atoms with van der Waals surface area (Å²) in [6, 6.07) is 3.96. The van der Waals surface area contributed by atoms with Crippen LogP contribution in [0.4, 0.5) is 5.69 Å². The minimum Gasteiger partial charge on any atom is -0.481 e. The van der Waals surface area contributed by atoms with Crippen molar-refractivity contribution in [1.29, 1.82) is 0 Å². The van der Waals surface area contributed by atoms with Gasteiger partial charge in [0.05, 0.1) is 15.1 Å². The molecule has 3 nitrogen and oxygen atoms in total. The van der Waals surface area contributed by atoms with Gasteiger partial charge in [-0.05, 0) is 31.9 Å². The van der Waals surface area contributed by atoms with E-state index in [0.29, 0.717) is 0 Å². The molecule has 0 aliphatic carbocycles. The number of aryl methyl sites for hydroxylation is 3. The van der Waals surface area contributed by atoms with Crippen LogP contribution in [0.5, 0.6) is 5.75 Å². The Bertz CT molecular complexity index is 799. The summed E-state index contributed by atoms with van der Waals surface area (Å²) in [6.07, 6.45) is 0. The van der Waals surface area contributed by atoms with Crippen molar-refractivity contribution in [1.82, 2.24) is 0 Å². The van der Waals surface area contributed by atoms with Crippen LogP contribution < -0.4 is 10.1 Å². The van der Waals surface area contributed by atoms with Gasteiger partial charge >= 0.3 is 0 Å². The molecule has 0 saturated heterocycles. The SMILES string of the molecule is Cc1cc(C)c(NC(=O)COc2c(Cl)c(Cl)c(Cl)c(Cl)c2Cl)c(C)c1. The second-order valence-corrected chi connectivity index (χ2v) is 7.40. The highest BCUT2D eigenvalue weighted by molar-refractivity contribution is 6.55. The summed E-state index contributed by atoms with van der Waals surface area (Å²) in [7, 11) is 0.